The number of thioether (sulfide) groups is 1. The maximum Gasteiger partial charge on any atom is 0.276 e. The number of ether oxygens (including phenoxy) is 4. The van der Waals surface area contributed by atoms with E-state index in [0.717, 1.165) is 77.9 Å². The van der Waals surface area contributed by atoms with E-state index in [1.165, 1.54) is 17.7 Å². The number of aromatic hydroxyl groups is 1. The zero-order chi connectivity index (χ0) is 58.6. The second kappa shape index (κ2) is 27.4. The summed E-state index contributed by atoms with van der Waals surface area (Å²) in [5.74, 6) is -0.193. The molecule has 0 spiro atoms. The van der Waals surface area contributed by atoms with Crippen molar-refractivity contribution in [2.45, 2.75) is 88.8 Å². The Morgan fingerprint density at radius 3 is 2.32 bits per heavy atom. The highest BCUT2D eigenvalue weighted by atomic mass is 32.2. The van der Waals surface area contributed by atoms with Crippen molar-refractivity contribution in [3.05, 3.63) is 155 Å². The summed E-state index contributed by atoms with van der Waals surface area (Å²) in [4.78, 5) is 67.1. The molecule has 3 heterocycles. The summed E-state index contributed by atoms with van der Waals surface area (Å²) < 4.78 is 60.5. The second-order valence-electron chi connectivity index (χ2n) is 20.7. The van der Waals surface area contributed by atoms with Gasteiger partial charge >= 0.3 is 0 Å². The number of anilines is 1. The number of nitro benzene ring substituents is 2. The highest BCUT2D eigenvalue weighted by molar-refractivity contribution is 8.14. The number of rotatable bonds is 27. The summed E-state index contributed by atoms with van der Waals surface area (Å²) in [6.07, 6.45) is 6.24. The molecule has 0 saturated heterocycles. The van der Waals surface area contributed by atoms with Gasteiger partial charge in [0, 0.05) is 78.3 Å². The normalized spacial score (nSPS) is 15.1. The van der Waals surface area contributed by atoms with Gasteiger partial charge in [0.15, 0.2) is 11.5 Å². The zero-order valence-electron chi connectivity index (χ0n) is 45.8. The summed E-state index contributed by atoms with van der Waals surface area (Å²) in [6, 6.07) is 22.6. The standard InChI is InChI=1S/C58H65N7O15S2/c1-4-62-18-5-7-41-29-49-53(32-51(41)62)80-54-33-52-48(31-50(54)61-49)43(37-82(74,75)76)34-58(2,3)63(52)19-6-8-55(67)59-17-20-77-21-22-78-23-24-79-36-42-28-46(66)13-11-40(42)12-16-57(69)81-47-14-9-38(10-15-47)27-56(68)60-35-39-25-44(64(70)71)30-45(26-39)65(72)73/h9-16,25-26,28-33,43H,4-8,17-24,27,34-37H2,1-3H3,(H3-,59,60,66,67,68,69,74,75,76)/p+1. The molecule has 434 valence electrons. The fraction of sp³-hybridized carbons (Fsp3) is 0.397. The van der Waals surface area contributed by atoms with Crippen molar-refractivity contribution >= 4 is 67.6 Å². The molecule has 0 fully saturated rings. The van der Waals surface area contributed by atoms with Crippen molar-refractivity contribution in [1.82, 2.24) is 15.2 Å². The van der Waals surface area contributed by atoms with E-state index < -0.39 is 54.5 Å². The van der Waals surface area contributed by atoms with E-state index in [2.05, 4.69) is 39.2 Å². The number of phenols is 1. The van der Waals surface area contributed by atoms with Crippen LogP contribution < -0.4 is 35.6 Å². The van der Waals surface area contributed by atoms with Gasteiger partial charge in [0.05, 0.1) is 73.8 Å². The average molecular weight is 1170 g/mol. The third-order valence-electron chi connectivity index (χ3n) is 14.2. The maximum atomic E-state index is 13.0. The lowest BCUT2D eigenvalue weighted by atomic mass is 9.79. The van der Waals surface area contributed by atoms with E-state index in [1.807, 2.05) is 26.0 Å². The van der Waals surface area contributed by atoms with Gasteiger partial charge in [-0.2, -0.15) is 8.42 Å². The molecular formula is C58H66N7O15S2+. The molecule has 3 aliphatic heterocycles. The molecule has 3 aliphatic rings. The third-order valence-corrected chi connectivity index (χ3v) is 15.9. The first-order valence-corrected chi connectivity index (χ1v) is 29.4. The summed E-state index contributed by atoms with van der Waals surface area (Å²) in [7, 11) is -4.30. The first-order chi connectivity index (χ1) is 39.2. The predicted octanol–water partition coefficient (Wildman–Crippen LogP) is 7.02. The number of nitrogens with zero attached hydrogens (tertiary/aromatic N) is 5. The number of nitro groups is 2. The summed E-state index contributed by atoms with van der Waals surface area (Å²) >= 11 is 0.974. The van der Waals surface area contributed by atoms with Gasteiger partial charge in [-0.25, -0.2) is 9.57 Å². The summed E-state index contributed by atoms with van der Waals surface area (Å²) in [6.45, 7) is 10.3. The van der Waals surface area contributed by atoms with E-state index in [-0.39, 0.29) is 68.1 Å². The largest absolute Gasteiger partial charge is 0.508 e. The molecule has 0 aliphatic carbocycles. The Morgan fingerprint density at radius 1 is 0.890 bits per heavy atom. The monoisotopic (exact) mass is 1160 g/mol. The molecule has 4 N–H and O–H groups in total. The van der Waals surface area contributed by atoms with E-state index in [4.69, 9.17) is 23.9 Å². The molecule has 0 aromatic heterocycles. The van der Waals surface area contributed by atoms with Crippen LogP contribution in [0.1, 0.15) is 85.8 Å². The van der Waals surface area contributed by atoms with E-state index in [1.54, 1.807) is 42.5 Å². The minimum absolute atomic E-state index is 0.0327. The first kappa shape index (κ1) is 60.5. The lowest BCUT2D eigenvalue weighted by molar-refractivity contribution is -0.394. The Morgan fingerprint density at radius 2 is 1.61 bits per heavy atom. The minimum atomic E-state index is -4.30. The van der Waals surface area contributed by atoms with E-state index in [0.29, 0.717) is 77.9 Å². The summed E-state index contributed by atoms with van der Waals surface area (Å²) in [5, 5.41) is 39.6. The molecule has 0 bridgehead atoms. The lowest BCUT2D eigenvalue weighted by Gasteiger charge is -2.48. The van der Waals surface area contributed by atoms with Gasteiger partial charge in [0.25, 0.3) is 21.5 Å². The quantitative estimate of drug-likeness (QED) is 0.00766. The van der Waals surface area contributed by atoms with Gasteiger partial charge in [-0.15, -0.1) is 0 Å². The molecule has 8 rings (SSSR count). The number of fused-ring (bicyclic) bond motifs is 4. The average Bonchev–Trinajstić information content (AvgIpc) is 1.45. The zero-order valence-corrected chi connectivity index (χ0v) is 47.4. The number of hydrogen-bond donors (Lipinski definition) is 4. The smallest absolute Gasteiger partial charge is 0.276 e. The molecule has 5 aromatic carbocycles. The van der Waals surface area contributed by atoms with Crippen LogP contribution in [-0.2, 0) is 64.7 Å². The molecule has 1 unspecified atom stereocenters. The minimum Gasteiger partial charge on any atom is -0.508 e. The number of non-ortho nitro benzene ring substituents is 2. The lowest BCUT2D eigenvalue weighted by Crippen LogP contribution is -2.50. The fourth-order valence-corrected chi connectivity index (χ4v) is 11.8. The van der Waals surface area contributed by atoms with Gasteiger partial charge in [-0.1, -0.05) is 24.3 Å². The van der Waals surface area contributed by atoms with Gasteiger partial charge in [0.1, 0.15) is 29.9 Å². The molecule has 22 nitrogen and oxygen atoms in total. The number of nitrogens with one attached hydrogen (secondary N) is 2. The highest BCUT2D eigenvalue weighted by Gasteiger charge is 2.40. The van der Waals surface area contributed by atoms with Crippen LogP contribution in [0, 0.1) is 20.2 Å². The van der Waals surface area contributed by atoms with E-state index >= 15 is 0 Å². The van der Waals surface area contributed by atoms with Crippen LogP contribution in [-0.4, -0.2) is 115 Å². The van der Waals surface area contributed by atoms with Crippen LogP contribution in [0.25, 0.3) is 6.08 Å². The molecule has 2 amide bonds. The van der Waals surface area contributed by atoms with Gasteiger partial charge in [0.2, 0.25) is 22.3 Å². The number of aryl methyl sites for hydroxylation is 1. The van der Waals surface area contributed by atoms with Crippen LogP contribution >= 0.6 is 11.8 Å². The fourth-order valence-electron chi connectivity index (χ4n) is 10.4. The Hall–Kier alpha value is -7.61. The Labute approximate surface area is 478 Å². The molecule has 24 heteroatoms. The van der Waals surface area contributed by atoms with Crippen molar-refractivity contribution in [1.29, 1.82) is 0 Å². The molecule has 5 aromatic rings. The number of amides is 2. The van der Waals surface area contributed by atoms with Crippen molar-refractivity contribution in [2.24, 2.45) is 4.99 Å². The predicted molar refractivity (Wildman–Crippen MR) is 307 cm³/mol. The van der Waals surface area contributed by atoms with Gasteiger partial charge < -0.3 is 39.6 Å². The maximum absolute atomic E-state index is 13.0. The van der Waals surface area contributed by atoms with Crippen molar-refractivity contribution in [2.75, 3.05) is 69.9 Å². The SMILES string of the molecule is CC[N+]1=c2cc3c(cc2CCC1)=Nc1cc2c(cc1O3)N(CCCC(=O)NCCOCCOCCOCc1cc(O)ccc1/C=C/C(=O)Sc1ccc(CC(=O)NCc3cc([N+](=O)[O-])cc([N+](=O)[O-])c3)cc1)C(C)(C)CC2CS(=O)(=O)O. The molecule has 1 atom stereocenters. The number of phenolic OH excluding ortho intramolecular Hbond substituents is 1. The Kier molecular flexibility index (Phi) is 20.2. The highest BCUT2D eigenvalue weighted by Crippen LogP contribution is 2.49. The van der Waals surface area contributed by atoms with Crippen molar-refractivity contribution in [3.63, 3.8) is 0 Å². The van der Waals surface area contributed by atoms with Gasteiger partial charge in [-0.05, 0) is 122 Å². The topological polar surface area (TPSA) is 292 Å². The third kappa shape index (κ3) is 16.5. The Balaban J connectivity index is 0.715. The second-order valence-corrected chi connectivity index (χ2v) is 23.3. The molecule has 82 heavy (non-hydrogen) atoms. The first-order valence-electron chi connectivity index (χ1n) is 26.9. The van der Waals surface area contributed by atoms with E-state index in [9.17, 15) is 52.7 Å². The Bertz CT molecular complexity index is 3470. The van der Waals surface area contributed by atoms with Gasteiger partial charge in [-0.3, -0.25) is 39.2 Å². The van der Waals surface area contributed by atoms with Crippen LogP contribution in [0.15, 0.2) is 101 Å². The molecule has 0 saturated carbocycles. The van der Waals surface area contributed by atoms with Crippen LogP contribution in [0.5, 0.6) is 17.2 Å². The molecular weight excluding hydrogens is 1100 g/mol. The number of carbonyl (C=O) groups is 3. The number of hydrogen-bond acceptors (Lipinski definition) is 17. The number of benzene rings is 5. The van der Waals surface area contributed by atoms with Crippen LogP contribution in [0.3, 0.4) is 0 Å². The van der Waals surface area contributed by atoms with Crippen LogP contribution in [0.2, 0.25) is 0 Å². The van der Waals surface area contributed by atoms with Crippen molar-refractivity contribution in [3.8, 4) is 17.2 Å². The molecule has 0 radical (unpaired) electrons. The summed E-state index contributed by atoms with van der Waals surface area (Å²) in [5.41, 5.74) is 4.10. The van der Waals surface area contributed by atoms with Crippen LogP contribution in [0.4, 0.5) is 22.7 Å². The number of carbonyl (C=O) groups excluding carboxylic acids is 3. The van der Waals surface area contributed by atoms with Crippen molar-refractivity contribution < 1.29 is 61.3 Å².